The van der Waals surface area contributed by atoms with E-state index in [1.165, 1.54) is 16.7 Å². The van der Waals surface area contributed by atoms with E-state index in [1.54, 1.807) is 6.20 Å². The van der Waals surface area contributed by atoms with Gasteiger partial charge in [0.15, 0.2) is 0 Å². The molecule has 0 bridgehead atoms. The van der Waals surface area contributed by atoms with Crippen LogP contribution in [-0.2, 0) is 0 Å². The summed E-state index contributed by atoms with van der Waals surface area (Å²) >= 11 is 0. The highest BCUT2D eigenvalue weighted by Gasteiger charge is 1.95. The Balaban J connectivity index is -0.000000347. The lowest BCUT2D eigenvalue weighted by Crippen LogP contribution is -1.85. The van der Waals surface area contributed by atoms with Crippen molar-refractivity contribution < 1.29 is 0 Å². The smallest absolute Gasteiger partial charge is 0.0302 e. The molecule has 3 rings (SSSR count). The van der Waals surface area contributed by atoms with Gasteiger partial charge in [-0.05, 0) is 52.6 Å². The van der Waals surface area contributed by atoms with Crippen LogP contribution in [-0.4, -0.2) is 9.97 Å². The van der Waals surface area contributed by atoms with Crippen LogP contribution in [0.4, 0.5) is 0 Å². The van der Waals surface area contributed by atoms with Gasteiger partial charge >= 0.3 is 0 Å². The molecule has 2 aromatic heterocycles. The van der Waals surface area contributed by atoms with Crippen molar-refractivity contribution in [1.29, 1.82) is 0 Å². The third-order valence-corrected chi connectivity index (χ3v) is 4.19. The fraction of sp³-hybridized carbons (Fsp3) is 0.429. The van der Waals surface area contributed by atoms with Crippen LogP contribution in [0.2, 0.25) is 0 Å². The van der Waals surface area contributed by atoms with Gasteiger partial charge in [0, 0.05) is 24.8 Å². The van der Waals surface area contributed by atoms with E-state index >= 15 is 0 Å². The Hall–Kier alpha value is -2.48. The lowest BCUT2D eigenvalue weighted by Gasteiger charge is -2.01. The number of hydrogen-bond donors (Lipinski definition) is 0. The maximum absolute atomic E-state index is 4.01. The van der Waals surface area contributed by atoms with Gasteiger partial charge in [-0.15, -0.1) is 0 Å². The molecule has 168 valence electrons. The molecule has 0 N–H and O–H groups in total. The molecule has 0 aliphatic carbocycles. The van der Waals surface area contributed by atoms with Crippen molar-refractivity contribution in [3.8, 4) is 0 Å². The van der Waals surface area contributed by atoms with E-state index in [9.17, 15) is 0 Å². The summed E-state index contributed by atoms with van der Waals surface area (Å²) in [5, 5.41) is 0. The van der Waals surface area contributed by atoms with E-state index in [0.29, 0.717) is 17.8 Å². The molecule has 30 heavy (non-hydrogen) atoms. The van der Waals surface area contributed by atoms with Gasteiger partial charge in [-0.1, -0.05) is 100 Å². The van der Waals surface area contributed by atoms with Crippen LogP contribution >= 0.6 is 0 Å². The van der Waals surface area contributed by atoms with Crippen molar-refractivity contribution in [2.45, 2.75) is 81.6 Å². The quantitative estimate of drug-likeness (QED) is 0.430. The molecule has 2 heterocycles. The first-order valence-electron chi connectivity index (χ1n) is 9.76. The predicted molar refractivity (Wildman–Crippen MR) is 137 cm³/mol. The molecule has 3 aromatic rings. The first kappa shape index (κ1) is 32.2. The summed E-state index contributed by atoms with van der Waals surface area (Å²) in [5.41, 5.74) is 4.07. The Morgan fingerprint density at radius 2 is 0.900 bits per heavy atom. The van der Waals surface area contributed by atoms with E-state index in [4.69, 9.17) is 0 Å². The van der Waals surface area contributed by atoms with Crippen molar-refractivity contribution in [3.63, 3.8) is 0 Å². The molecule has 0 amide bonds. The number of benzene rings is 1. The summed E-state index contributed by atoms with van der Waals surface area (Å²) in [6.45, 7) is 13.1. The van der Waals surface area contributed by atoms with E-state index < -0.39 is 0 Å². The minimum atomic E-state index is 0. The van der Waals surface area contributed by atoms with Crippen molar-refractivity contribution in [3.05, 3.63) is 96.1 Å². The summed E-state index contributed by atoms with van der Waals surface area (Å²) in [6.07, 6.45) is 7.36. The average molecular weight is 411 g/mol. The second-order valence-electron chi connectivity index (χ2n) is 7.44. The molecule has 1 aromatic carbocycles. The van der Waals surface area contributed by atoms with Crippen LogP contribution in [0.25, 0.3) is 0 Å². The molecule has 0 saturated carbocycles. The average Bonchev–Trinajstić information content (AvgIpc) is 2.71. The van der Waals surface area contributed by atoms with Crippen LogP contribution in [0.3, 0.4) is 0 Å². The van der Waals surface area contributed by atoms with Crippen LogP contribution in [0.5, 0.6) is 0 Å². The molecule has 0 radical (unpaired) electrons. The fourth-order valence-corrected chi connectivity index (χ4v) is 2.30. The number of aromatic nitrogens is 2. The molecular weight excluding hydrogens is 364 g/mol. The maximum atomic E-state index is 4.01. The second-order valence-corrected chi connectivity index (χ2v) is 7.44. The molecule has 0 spiro atoms. The molecule has 0 fully saturated rings. The highest BCUT2D eigenvalue weighted by molar-refractivity contribution is 5.17. The van der Waals surface area contributed by atoms with Gasteiger partial charge in [-0.3, -0.25) is 9.97 Å². The Kier molecular flexibility index (Phi) is 19.9. The van der Waals surface area contributed by atoms with Gasteiger partial charge in [-0.25, -0.2) is 0 Å². The Bertz CT molecular complexity index is 602. The zero-order chi connectivity index (χ0) is 20.1. The normalized spacial score (nSPS) is 9.10. The van der Waals surface area contributed by atoms with Crippen molar-refractivity contribution >= 4 is 0 Å². The zero-order valence-electron chi connectivity index (χ0n) is 17.6. The molecular formula is C28H46N2. The molecule has 2 heteroatoms. The Morgan fingerprint density at radius 3 is 1.20 bits per heavy atom. The third kappa shape index (κ3) is 13.7. The summed E-state index contributed by atoms with van der Waals surface area (Å²) in [7, 11) is 0. The van der Waals surface area contributed by atoms with Crippen LogP contribution < -0.4 is 0 Å². The van der Waals surface area contributed by atoms with Gasteiger partial charge in [0.25, 0.3) is 0 Å². The lowest BCUT2D eigenvalue weighted by atomic mass is 10.0. The molecule has 2 nitrogen and oxygen atoms in total. The standard InChI is InChI=1S/C9H12.2C8H11N.3CH4/c1-8(2)9-6-4-3-5-7-9;1-7(2)8-3-5-9-6-4-8;1-7(2)8-4-3-5-9-6-8;;;/h3-8H,1-2H3;2*3-7H,1-2H3;3*1H4. The fourth-order valence-electron chi connectivity index (χ4n) is 2.30. The predicted octanol–water partition coefficient (Wildman–Crippen LogP) is 9.13. The van der Waals surface area contributed by atoms with E-state index in [-0.39, 0.29) is 22.3 Å². The van der Waals surface area contributed by atoms with Crippen LogP contribution in [0.1, 0.15) is 98.3 Å². The summed E-state index contributed by atoms with van der Waals surface area (Å²) < 4.78 is 0. The highest BCUT2D eigenvalue weighted by Crippen LogP contribution is 2.12. The Morgan fingerprint density at radius 1 is 0.467 bits per heavy atom. The topological polar surface area (TPSA) is 25.8 Å². The van der Waals surface area contributed by atoms with Gasteiger partial charge < -0.3 is 0 Å². The largest absolute Gasteiger partial charge is 0.265 e. The van der Waals surface area contributed by atoms with E-state index in [2.05, 4.69) is 81.8 Å². The molecule has 0 unspecified atom stereocenters. The first-order chi connectivity index (χ1) is 12.9. The van der Waals surface area contributed by atoms with Crippen molar-refractivity contribution in [2.75, 3.05) is 0 Å². The van der Waals surface area contributed by atoms with Crippen LogP contribution in [0, 0.1) is 0 Å². The van der Waals surface area contributed by atoms with Gasteiger partial charge in [0.2, 0.25) is 0 Å². The molecule has 0 saturated heterocycles. The van der Waals surface area contributed by atoms with Crippen LogP contribution in [0.15, 0.2) is 79.4 Å². The SMILES string of the molecule is C.C.C.CC(C)c1ccccc1.CC(C)c1cccnc1.CC(C)c1ccncc1. The maximum Gasteiger partial charge on any atom is 0.0302 e. The zero-order valence-corrected chi connectivity index (χ0v) is 17.6. The summed E-state index contributed by atoms with van der Waals surface area (Å²) in [4.78, 5) is 7.93. The molecule has 0 aliphatic rings. The van der Waals surface area contributed by atoms with E-state index in [0.717, 1.165) is 0 Å². The highest BCUT2D eigenvalue weighted by atomic mass is 14.6. The monoisotopic (exact) mass is 410 g/mol. The minimum Gasteiger partial charge on any atom is -0.265 e. The van der Waals surface area contributed by atoms with E-state index in [1.807, 2.05) is 42.9 Å². The lowest BCUT2D eigenvalue weighted by molar-refractivity contribution is 0.858. The van der Waals surface area contributed by atoms with Crippen molar-refractivity contribution in [1.82, 2.24) is 9.97 Å². The summed E-state index contributed by atoms with van der Waals surface area (Å²) in [5.74, 6) is 1.87. The first-order valence-corrected chi connectivity index (χ1v) is 9.76. The number of rotatable bonds is 3. The van der Waals surface area contributed by atoms with Crippen molar-refractivity contribution in [2.24, 2.45) is 0 Å². The molecule has 0 aliphatic heterocycles. The number of hydrogen-bond acceptors (Lipinski definition) is 2. The van der Waals surface area contributed by atoms with Gasteiger partial charge in [-0.2, -0.15) is 0 Å². The third-order valence-electron chi connectivity index (χ3n) is 4.19. The minimum absolute atomic E-state index is 0. The van der Waals surface area contributed by atoms with Gasteiger partial charge in [0.1, 0.15) is 0 Å². The Labute approximate surface area is 187 Å². The number of nitrogens with zero attached hydrogens (tertiary/aromatic N) is 2. The van der Waals surface area contributed by atoms with Gasteiger partial charge in [0.05, 0.1) is 0 Å². The summed E-state index contributed by atoms with van der Waals surface area (Å²) in [6, 6.07) is 18.7. The number of pyridine rings is 2. The molecule has 0 atom stereocenters. The second kappa shape index (κ2) is 18.5.